The molecule has 1 aromatic heterocycles. The quantitative estimate of drug-likeness (QED) is 0.858. The Kier molecular flexibility index (Phi) is 3.39. The van der Waals surface area contributed by atoms with Gasteiger partial charge in [-0.15, -0.1) is 0 Å². The van der Waals surface area contributed by atoms with Crippen molar-refractivity contribution in [1.82, 2.24) is 4.98 Å². The van der Waals surface area contributed by atoms with Crippen molar-refractivity contribution in [2.24, 2.45) is 0 Å². The second kappa shape index (κ2) is 5.14. The number of carbonyl (C=O) groups is 1. The third-order valence-electron chi connectivity index (χ3n) is 2.36. The highest BCUT2D eigenvalue weighted by molar-refractivity contribution is 6.03. The lowest BCUT2D eigenvalue weighted by atomic mass is 10.2. The highest BCUT2D eigenvalue weighted by Crippen LogP contribution is 2.16. The van der Waals surface area contributed by atoms with Crippen molar-refractivity contribution in [3.8, 4) is 6.07 Å². The molecule has 0 spiro atoms. The molecule has 0 bridgehead atoms. The Morgan fingerprint density at radius 1 is 1.37 bits per heavy atom. The fourth-order valence-electron chi connectivity index (χ4n) is 1.44. The van der Waals surface area contributed by atoms with Gasteiger partial charge in [-0.25, -0.2) is 4.39 Å². The lowest BCUT2D eigenvalue weighted by Gasteiger charge is -2.06. The molecular weight excluding hydrogens is 247 g/mol. The van der Waals surface area contributed by atoms with Crippen molar-refractivity contribution in [2.45, 2.75) is 0 Å². The lowest BCUT2D eigenvalue weighted by Crippen LogP contribution is -2.14. The van der Waals surface area contributed by atoms with E-state index in [1.807, 2.05) is 0 Å². The average Bonchev–Trinajstić information content (AvgIpc) is 2.41. The highest BCUT2D eigenvalue weighted by atomic mass is 19.1. The maximum absolute atomic E-state index is 13.6. The molecule has 0 aliphatic heterocycles. The predicted molar refractivity (Wildman–Crippen MR) is 67.7 cm³/mol. The van der Waals surface area contributed by atoms with Crippen LogP contribution in [0.4, 0.5) is 15.8 Å². The van der Waals surface area contributed by atoms with Crippen molar-refractivity contribution >= 4 is 17.3 Å². The number of nitrogens with two attached hydrogens (primary N) is 1. The smallest absolute Gasteiger partial charge is 0.274 e. The maximum atomic E-state index is 13.6. The summed E-state index contributed by atoms with van der Waals surface area (Å²) in [6, 6.07) is 8.50. The number of carbonyl (C=O) groups excluding carboxylic acids is 1. The van der Waals surface area contributed by atoms with Gasteiger partial charge in [0.15, 0.2) is 0 Å². The van der Waals surface area contributed by atoms with Gasteiger partial charge in [0, 0.05) is 11.9 Å². The van der Waals surface area contributed by atoms with Crippen LogP contribution in [0.15, 0.2) is 36.5 Å². The zero-order valence-corrected chi connectivity index (χ0v) is 9.72. The Hall–Kier alpha value is -2.94. The summed E-state index contributed by atoms with van der Waals surface area (Å²) in [5.41, 5.74) is 6.16. The second-order valence-corrected chi connectivity index (χ2v) is 3.73. The number of nitrogen functional groups attached to an aromatic ring is 1. The van der Waals surface area contributed by atoms with E-state index in [9.17, 15) is 9.18 Å². The first-order chi connectivity index (χ1) is 9.10. The van der Waals surface area contributed by atoms with Gasteiger partial charge in [0.2, 0.25) is 0 Å². The molecule has 1 aromatic carbocycles. The van der Waals surface area contributed by atoms with E-state index in [0.29, 0.717) is 5.69 Å². The third kappa shape index (κ3) is 2.84. The van der Waals surface area contributed by atoms with Crippen LogP contribution >= 0.6 is 0 Å². The Balaban J connectivity index is 2.22. The van der Waals surface area contributed by atoms with Crippen LogP contribution < -0.4 is 11.1 Å². The minimum absolute atomic E-state index is 0.0202. The molecule has 19 heavy (non-hydrogen) atoms. The van der Waals surface area contributed by atoms with Crippen molar-refractivity contribution in [2.75, 3.05) is 11.1 Å². The Labute approximate surface area is 108 Å². The van der Waals surface area contributed by atoms with Crippen molar-refractivity contribution in [1.29, 1.82) is 5.26 Å². The molecule has 0 radical (unpaired) electrons. The normalized spacial score (nSPS) is 9.68. The number of nitriles is 1. The number of aromatic nitrogens is 1. The summed E-state index contributed by atoms with van der Waals surface area (Å²) >= 11 is 0. The van der Waals surface area contributed by atoms with E-state index in [1.165, 1.54) is 24.4 Å². The van der Waals surface area contributed by atoms with Gasteiger partial charge in [0.25, 0.3) is 5.91 Å². The van der Waals surface area contributed by atoms with Gasteiger partial charge in [-0.3, -0.25) is 9.78 Å². The molecule has 0 saturated carbocycles. The lowest BCUT2D eigenvalue weighted by molar-refractivity contribution is 0.102. The minimum Gasteiger partial charge on any atom is -0.399 e. The molecule has 0 unspecified atom stereocenters. The molecule has 0 atom stereocenters. The molecule has 0 saturated heterocycles. The molecule has 1 amide bonds. The molecule has 0 aliphatic rings. The standard InChI is InChI=1S/C13H9FN4O/c14-10-5-8(7-15)1-2-11(10)18-13(19)12-6-9(16)3-4-17-12/h1-6H,(H2,16,17)(H,18,19). The SMILES string of the molecule is N#Cc1ccc(NC(=O)c2cc(N)ccn2)c(F)c1. The third-order valence-corrected chi connectivity index (χ3v) is 2.36. The van der Waals surface area contributed by atoms with Gasteiger partial charge in [-0.2, -0.15) is 5.26 Å². The van der Waals surface area contributed by atoms with E-state index in [2.05, 4.69) is 10.3 Å². The van der Waals surface area contributed by atoms with Crippen LogP contribution in [0.3, 0.4) is 0 Å². The summed E-state index contributed by atoms with van der Waals surface area (Å²) in [7, 11) is 0. The number of rotatable bonds is 2. The number of benzene rings is 1. The maximum Gasteiger partial charge on any atom is 0.274 e. The largest absolute Gasteiger partial charge is 0.399 e. The molecule has 0 fully saturated rings. The van der Waals surface area contributed by atoms with Crippen LogP contribution in [0.1, 0.15) is 16.1 Å². The fourth-order valence-corrected chi connectivity index (χ4v) is 1.44. The van der Waals surface area contributed by atoms with E-state index in [-0.39, 0.29) is 16.9 Å². The van der Waals surface area contributed by atoms with E-state index in [0.717, 1.165) is 6.07 Å². The Morgan fingerprint density at radius 2 is 2.16 bits per heavy atom. The number of hydrogen-bond donors (Lipinski definition) is 2. The summed E-state index contributed by atoms with van der Waals surface area (Å²) < 4.78 is 13.6. The number of pyridine rings is 1. The second-order valence-electron chi connectivity index (χ2n) is 3.73. The van der Waals surface area contributed by atoms with Gasteiger partial charge < -0.3 is 11.1 Å². The minimum atomic E-state index is -0.684. The first-order valence-electron chi connectivity index (χ1n) is 5.32. The monoisotopic (exact) mass is 256 g/mol. The van der Waals surface area contributed by atoms with Crippen LogP contribution in [0.5, 0.6) is 0 Å². The zero-order valence-electron chi connectivity index (χ0n) is 9.72. The average molecular weight is 256 g/mol. The molecule has 94 valence electrons. The Bertz CT molecular complexity index is 679. The molecule has 2 aromatic rings. The zero-order chi connectivity index (χ0) is 13.8. The summed E-state index contributed by atoms with van der Waals surface area (Å²) in [4.78, 5) is 15.6. The van der Waals surface area contributed by atoms with Crippen molar-refractivity contribution < 1.29 is 9.18 Å². The number of hydrogen-bond acceptors (Lipinski definition) is 4. The fraction of sp³-hybridized carbons (Fsp3) is 0. The number of halogens is 1. The van der Waals surface area contributed by atoms with Crippen LogP contribution in [-0.4, -0.2) is 10.9 Å². The van der Waals surface area contributed by atoms with Gasteiger partial charge in [0.1, 0.15) is 11.5 Å². The first kappa shape index (κ1) is 12.5. The highest BCUT2D eigenvalue weighted by Gasteiger charge is 2.11. The van der Waals surface area contributed by atoms with E-state index in [4.69, 9.17) is 11.0 Å². The van der Waals surface area contributed by atoms with Crippen molar-refractivity contribution in [3.63, 3.8) is 0 Å². The topological polar surface area (TPSA) is 91.8 Å². The summed E-state index contributed by atoms with van der Waals surface area (Å²) in [6.45, 7) is 0. The molecular formula is C13H9FN4O. The van der Waals surface area contributed by atoms with Crippen LogP contribution in [0.25, 0.3) is 0 Å². The van der Waals surface area contributed by atoms with E-state index >= 15 is 0 Å². The van der Waals surface area contributed by atoms with Crippen LogP contribution in [-0.2, 0) is 0 Å². The summed E-state index contributed by atoms with van der Waals surface area (Å²) in [5.74, 6) is -1.26. The van der Waals surface area contributed by atoms with E-state index in [1.54, 1.807) is 12.1 Å². The van der Waals surface area contributed by atoms with Crippen LogP contribution in [0, 0.1) is 17.1 Å². The van der Waals surface area contributed by atoms with Gasteiger partial charge in [0.05, 0.1) is 17.3 Å². The number of amides is 1. The summed E-state index contributed by atoms with van der Waals surface area (Å²) in [6.07, 6.45) is 1.39. The van der Waals surface area contributed by atoms with E-state index < -0.39 is 11.7 Å². The number of anilines is 2. The van der Waals surface area contributed by atoms with Crippen LogP contribution in [0.2, 0.25) is 0 Å². The molecule has 3 N–H and O–H groups in total. The number of nitrogens with one attached hydrogen (secondary N) is 1. The first-order valence-corrected chi connectivity index (χ1v) is 5.32. The molecule has 6 heteroatoms. The van der Waals surface area contributed by atoms with Gasteiger partial charge in [-0.1, -0.05) is 0 Å². The molecule has 2 rings (SSSR count). The molecule has 5 nitrogen and oxygen atoms in total. The van der Waals surface area contributed by atoms with Crippen molar-refractivity contribution in [3.05, 3.63) is 53.6 Å². The Morgan fingerprint density at radius 3 is 2.79 bits per heavy atom. The van der Waals surface area contributed by atoms with Gasteiger partial charge >= 0.3 is 0 Å². The predicted octanol–water partition coefficient (Wildman–Crippen LogP) is 1.93. The molecule has 1 heterocycles. The summed E-state index contributed by atoms with van der Waals surface area (Å²) in [5, 5.41) is 11.0. The molecule has 0 aliphatic carbocycles. The van der Waals surface area contributed by atoms with Gasteiger partial charge in [-0.05, 0) is 30.3 Å². The number of nitrogens with zero attached hydrogens (tertiary/aromatic N) is 2.